The molecule has 2 aromatic rings. The summed E-state index contributed by atoms with van der Waals surface area (Å²) >= 11 is 11.9. The van der Waals surface area contributed by atoms with Crippen LogP contribution in [0.25, 0.3) is 0 Å². The minimum Gasteiger partial charge on any atom is -0.325 e. The number of anilines is 3. The van der Waals surface area contributed by atoms with E-state index in [2.05, 4.69) is 16.0 Å². The lowest BCUT2D eigenvalue weighted by atomic mass is 10.2. The van der Waals surface area contributed by atoms with E-state index in [0.29, 0.717) is 27.1 Å². The van der Waals surface area contributed by atoms with Gasteiger partial charge in [0.05, 0.1) is 10.7 Å². The van der Waals surface area contributed by atoms with Crippen LogP contribution in [0.3, 0.4) is 0 Å². The summed E-state index contributed by atoms with van der Waals surface area (Å²) in [5, 5.41) is 8.73. The molecule has 0 heterocycles. The molecule has 22 heavy (non-hydrogen) atoms. The fourth-order valence-corrected chi connectivity index (χ4v) is 2.16. The fourth-order valence-electron chi connectivity index (χ4n) is 1.74. The highest BCUT2D eigenvalue weighted by Crippen LogP contribution is 2.25. The van der Waals surface area contributed by atoms with Gasteiger partial charge in [-0.15, -0.1) is 0 Å². The Morgan fingerprint density at radius 3 is 2.18 bits per heavy atom. The molecule has 3 N–H and O–H groups in total. The smallest absolute Gasteiger partial charge is 0.323 e. The van der Waals surface area contributed by atoms with Gasteiger partial charge in [-0.25, -0.2) is 4.79 Å². The van der Waals surface area contributed by atoms with Gasteiger partial charge >= 0.3 is 6.03 Å². The van der Waals surface area contributed by atoms with E-state index in [4.69, 9.17) is 23.2 Å². The number of benzene rings is 2. The summed E-state index contributed by atoms with van der Waals surface area (Å²) in [6.07, 6.45) is 0. The number of hydrogen-bond acceptors (Lipinski definition) is 2. The van der Waals surface area contributed by atoms with Crippen LogP contribution < -0.4 is 16.0 Å². The maximum Gasteiger partial charge on any atom is 0.323 e. The minimum absolute atomic E-state index is 0.221. The highest BCUT2D eigenvalue weighted by atomic mass is 35.5. The molecule has 0 atom stereocenters. The van der Waals surface area contributed by atoms with Gasteiger partial charge in [0.2, 0.25) is 5.91 Å². The summed E-state index contributed by atoms with van der Waals surface area (Å²) in [7, 11) is 0. The number of carbonyl (C=O) groups excluding carboxylic acids is 2. The molecule has 0 bridgehead atoms. The molecule has 0 spiro atoms. The summed E-state index contributed by atoms with van der Waals surface area (Å²) in [6.45, 7) is 1.39. The molecule has 2 aromatic carbocycles. The lowest BCUT2D eigenvalue weighted by Crippen LogP contribution is -2.19. The summed E-state index contributed by atoms with van der Waals surface area (Å²) in [4.78, 5) is 22.9. The Kier molecular flexibility index (Phi) is 5.25. The highest BCUT2D eigenvalue weighted by molar-refractivity contribution is 6.34. The van der Waals surface area contributed by atoms with Crippen LogP contribution in [0.1, 0.15) is 6.92 Å². The highest BCUT2D eigenvalue weighted by Gasteiger charge is 2.07. The lowest BCUT2D eigenvalue weighted by Gasteiger charge is -2.10. The van der Waals surface area contributed by atoms with Crippen LogP contribution in [-0.2, 0) is 4.79 Å². The van der Waals surface area contributed by atoms with Crippen molar-refractivity contribution in [2.24, 2.45) is 0 Å². The van der Waals surface area contributed by atoms with Gasteiger partial charge in [-0.05, 0) is 36.4 Å². The predicted molar refractivity (Wildman–Crippen MR) is 89.8 cm³/mol. The van der Waals surface area contributed by atoms with E-state index in [9.17, 15) is 9.59 Å². The zero-order valence-corrected chi connectivity index (χ0v) is 13.1. The second kappa shape index (κ2) is 7.15. The summed E-state index contributed by atoms with van der Waals surface area (Å²) < 4.78 is 0. The second-order valence-corrected chi connectivity index (χ2v) is 5.31. The van der Waals surface area contributed by atoms with Crippen LogP contribution in [0.5, 0.6) is 0 Å². The van der Waals surface area contributed by atoms with Crippen molar-refractivity contribution < 1.29 is 9.59 Å². The average Bonchev–Trinajstić information content (AvgIpc) is 2.41. The Hall–Kier alpha value is -2.24. The number of rotatable bonds is 3. The first kappa shape index (κ1) is 16.1. The molecule has 114 valence electrons. The number of nitrogens with one attached hydrogen (secondary N) is 3. The molecule has 0 radical (unpaired) electrons. The van der Waals surface area contributed by atoms with Crippen LogP contribution in [0.2, 0.25) is 10.0 Å². The summed E-state index contributed by atoms with van der Waals surface area (Å²) in [5.41, 5.74) is 1.56. The van der Waals surface area contributed by atoms with E-state index >= 15 is 0 Å². The van der Waals surface area contributed by atoms with Crippen molar-refractivity contribution in [2.75, 3.05) is 16.0 Å². The molecular weight excluding hydrogens is 325 g/mol. The molecule has 0 aliphatic carbocycles. The number of halogens is 2. The molecule has 0 aliphatic heterocycles. The molecule has 7 heteroatoms. The Morgan fingerprint density at radius 1 is 0.909 bits per heavy atom. The van der Waals surface area contributed by atoms with Gasteiger partial charge in [-0.1, -0.05) is 29.3 Å². The fraction of sp³-hybridized carbons (Fsp3) is 0.0667. The predicted octanol–water partition coefficient (Wildman–Crippen LogP) is 4.60. The molecule has 3 amide bonds. The monoisotopic (exact) mass is 337 g/mol. The number of urea groups is 1. The van der Waals surface area contributed by atoms with E-state index in [1.165, 1.54) is 6.92 Å². The maximum absolute atomic E-state index is 11.9. The van der Waals surface area contributed by atoms with Crippen molar-refractivity contribution in [1.29, 1.82) is 0 Å². The number of carbonyl (C=O) groups is 2. The third-order valence-electron chi connectivity index (χ3n) is 2.62. The van der Waals surface area contributed by atoms with Crippen LogP contribution in [0.4, 0.5) is 21.9 Å². The maximum atomic E-state index is 11.9. The number of hydrogen-bond donors (Lipinski definition) is 3. The molecule has 0 saturated carbocycles. The Bertz CT molecular complexity index is 720. The molecule has 0 unspecified atom stereocenters. The quantitative estimate of drug-likeness (QED) is 0.766. The van der Waals surface area contributed by atoms with Crippen LogP contribution in [-0.4, -0.2) is 11.9 Å². The third-order valence-corrected chi connectivity index (χ3v) is 3.17. The van der Waals surface area contributed by atoms with Crippen molar-refractivity contribution in [1.82, 2.24) is 0 Å². The SMILES string of the molecule is CC(=O)Nc1ccc(NC(=O)Nc2cccc(Cl)c2)cc1Cl. The first-order valence-electron chi connectivity index (χ1n) is 6.35. The van der Waals surface area contributed by atoms with Crippen molar-refractivity contribution in [3.63, 3.8) is 0 Å². The topological polar surface area (TPSA) is 70.2 Å². The van der Waals surface area contributed by atoms with Crippen molar-refractivity contribution in [3.05, 3.63) is 52.5 Å². The molecule has 0 fully saturated rings. The normalized spacial score (nSPS) is 9.95. The van der Waals surface area contributed by atoms with Gasteiger partial charge in [-0.2, -0.15) is 0 Å². The summed E-state index contributed by atoms with van der Waals surface area (Å²) in [5.74, 6) is -0.221. The largest absolute Gasteiger partial charge is 0.325 e. The van der Waals surface area contributed by atoms with Crippen molar-refractivity contribution in [3.8, 4) is 0 Å². The average molecular weight is 338 g/mol. The van der Waals surface area contributed by atoms with Crippen LogP contribution in [0.15, 0.2) is 42.5 Å². The minimum atomic E-state index is -0.425. The van der Waals surface area contributed by atoms with E-state index < -0.39 is 6.03 Å². The third kappa shape index (κ3) is 4.65. The Balaban J connectivity index is 2.02. The van der Waals surface area contributed by atoms with Gasteiger partial charge in [-0.3, -0.25) is 4.79 Å². The van der Waals surface area contributed by atoms with Gasteiger partial charge in [0.1, 0.15) is 0 Å². The van der Waals surface area contributed by atoms with Crippen LogP contribution >= 0.6 is 23.2 Å². The van der Waals surface area contributed by atoms with Crippen molar-refractivity contribution >= 4 is 52.2 Å². The molecule has 0 aliphatic rings. The second-order valence-electron chi connectivity index (χ2n) is 4.47. The Labute approximate surface area is 137 Å². The molecule has 0 saturated heterocycles. The van der Waals surface area contributed by atoms with Crippen LogP contribution in [0, 0.1) is 0 Å². The number of amides is 3. The van der Waals surface area contributed by atoms with Gasteiger partial charge in [0.25, 0.3) is 0 Å². The first-order valence-corrected chi connectivity index (χ1v) is 7.10. The zero-order chi connectivity index (χ0) is 16.1. The van der Waals surface area contributed by atoms with Gasteiger partial charge in [0.15, 0.2) is 0 Å². The standard InChI is InChI=1S/C15H13Cl2N3O2/c1-9(21)18-14-6-5-12(8-13(14)17)20-15(22)19-11-4-2-3-10(16)7-11/h2-8H,1H3,(H,18,21)(H2,19,20,22). The van der Waals surface area contributed by atoms with Gasteiger partial charge < -0.3 is 16.0 Å². The van der Waals surface area contributed by atoms with E-state index in [0.717, 1.165) is 0 Å². The van der Waals surface area contributed by atoms with Crippen molar-refractivity contribution in [2.45, 2.75) is 6.92 Å². The van der Waals surface area contributed by atoms with E-state index in [1.807, 2.05) is 0 Å². The molecule has 0 aromatic heterocycles. The van der Waals surface area contributed by atoms with E-state index in [-0.39, 0.29) is 5.91 Å². The molecule has 5 nitrogen and oxygen atoms in total. The van der Waals surface area contributed by atoms with E-state index in [1.54, 1.807) is 42.5 Å². The zero-order valence-electron chi connectivity index (χ0n) is 11.6. The molecule has 2 rings (SSSR count). The molecular formula is C15H13Cl2N3O2. The van der Waals surface area contributed by atoms with Gasteiger partial charge in [0, 0.05) is 23.3 Å². The lowest BCUT2D eigenvalue weighted by molar-refractivity contribution is -0.114. The summed E-state index contributed by atoms with van der Waals surface area (Å²) in [6, 6.07) is 11.2. The first-order chi connectivity index (χ1) is 10.4. The Morgan fingerprint density at radius 2 is 1.59 bits per heavy atom.